The molecule has 1 rings (SSSR count). The minimum Gasteiger partial charge on any atom is -0.394 e. The zero-order chi connectivity index (χ0) is 11.3. The Morgan fingerprint density at radius 3 is 2.60 bits per heavy atom. The number of hydrogen-bond donors (Lipinski definition) is 3. The molecule has 1 aliphatic heterocycles. The summed E-state index contributed by atoms with van der Waals surface area (Å²) in [6, 6.07) is -0.643. The predicted octanol–water partition coefficient (Wildman–Crippen LogP) is -1.92. The molecule has 0 aliphatic carbocycles. The van der Waals surface area contributed by atoms with Crippen LogP contribution in [0.5, 0.6) is 0 Å². The molecule has 0 aromatic heterocycles. The smallest absolute Gasteiger partial charge is 0.240 e. The molecule has 1 aliphatic rings. The maximum absolute atomic E-state index is 11.3. The van der Waals surface area contributed by atoms with Gasteiger partial charge in [0.2, 0.25) is 11.8 Å². The first-order valence-electron chi connectivity index (χ1n) is 4.96. The number of amides is 2. The van der Waals surface area contributed by atoms with Gasteiger partial charge in [0.1, 0.15) is 0 Å². The first-order valence-corrected chi connectivity index (χ1v) is 4.96. The second-order valence-electron chi connectivity index (χ2n) is 3.55. The molecule has 0 aromatic carbocycles. The first-order chi connectivity index (χ1) is 7.17. The minimum atomic E-state index is -0.643. The fourth-order valence-electron chi connectivity index (χ4n) is 1.47. The van der Waals surface area contributed by atoms with Gasteiger partial charge in [-0.2, -0.15) is 0 Å². The molecule has 1 heterocycles. The minimum absolute atomic E-state index is 0.00926. The molecule has 1 fully saturated rings. The monoisotopic (exact) mass is 216 g/mol. The van der Waals surface area contributed by atoms with E-state index in [9.17, 15) is 9.59 Å². The lowest BCUT2D eigenvalue weighted by atomic mass is 10.3. The maximum Gasteiger partial charge on any atom is 0.240 e. The Bertz CT molecular complexity index is 240. The van der Waals surface area contributed by atoms with Crippen LogP contribution in [-0.2, 0) is 9.59 Å². The van der Waals surface area contributed by atoms with E-state index in [0.29, 0.717) is 13.0 Å². The third kappa shape index (κ3) is 3.49. The van der Waals surface area contributed by atoms with Gasteiger partial charge in [0.25, 0.3) is 0 Å². The van der Waals surface area contributed by atoms with Gasteiger partial charge in [-0.15, -0.1) is 0 Å². The molecule has 0 aromatic rings. The lowest BCUT2D eigenvalue weighted by Gasteiger charge is -2.18. The van der Waals surface area contributed by atoms with E-state index in [1.165, 1.54) is 4.90 Å². The summed E-state index contributed by atoms with van der Waals surface area (Å²) in [4.78, 5) is 24.0. The van der Waals surface area contributed by atoms with Gasteiger partial charge in [-0.1, -0.05) is 0 Å². The van der Waals surface area contributed by atoms with Crippen LogP contribution in [0.3, 0.4) is 0 Å². The Balaban J connectivity index is 2.31. The van der Waals surface area contributed by atoms with Crippen LogP contribution in [-0.4, -0.2) is 59.3 Å². The molecule has 0 spiro atoms. The van der Waals surface area contributed by atoms with E-state index in [1.807, 2.05) is 0 Å². The van der Waals surface area contributed by atoms with Crippen LogP contribution in [0.4, 0.5) is 0 Å². The zero-order valence-electron chi connectivity index (χ0n) is 8.48. The van der Waals surface area contributed by atoms with Crippen molar-refractivity contribution in [3.63, 3.8) is 0 Å². The van der Waals surface area contributed by atoms with Crippen LogP contribution in [0.2, 0.25) is 0 Å². The largest absolute Gasteiger partial charge is 0.394 e. The highest BCUT2D eigenvalue weighted by atomic mass is 16.3. The van der Waals surface area contributed by atoms with Crippen molar-refractivity contribution >= 4 is 11.8 Å². The molecular formula is C9H16N2O4. The molecule has 0 unspecified atom stereocenters. The zero-order valence-corrected chi connectivity index (χ0v) is 8.48. The summed E-state index contributed by atoms with van der Waals surface area (Å²) in [5.41, 5.74) is 0. The summed E-state index contributed by atoms with van der Waals surface area (Å²) >= 11 is 0. The van der Waals surface area contributed by atoms with Crippen LogP contribution in [0.1, 0.15) is 12.8 Å². The van der Waals surface area contributed by atoms with Crippen molar-refractivity contribution in [3.05, 3.63) is 0 Å². The Morgan fingerprint density at radius 1 is 1.47 bits per heavy atom. The van der Waals surface area contributed by atoms with E-state index in [1.54, 1.807) is 0 Å². The average molecular weight is 216 g/mol. The molecule has 6 heteroatoms. The number of aliphatic hydroxyl groups is 2. The Labute approximate surface area is 87.9 Å². The standard InChI is InChI=1S/C9H16N2O4/c12-5-7(6-13)10-8(14)4-11-3-1-2-9(11)15/h7,12-13H,1-6H2,(H,10,14). The van der Waals surface area contributed by atoms with E-state index >= 15 is 0 Å². The van der Waals surface area contributed by atoms with Gasteiger partial charge in [0, 0.05) is 13.0 Å². The summed E-state index contributed by atoms with van der Waals surface area (Å²) in [6.07, 6.45) is 1.28. The number of carbonyl (C=O) groups excluding carboxylic acids is 2. The van der Waals surface area contributed by atoms with Gasteiger partial charge < -0.3 is 20.4 Å². The van der Waals surface area contributed by atoms with Gasteiger partial charge in [0.05, 0.1) is 25.8 Å². The Kier molecular flexibility index (Phi) is 4.51. The van der Waals surface area contributed by atoms with E-state index in [4.69, 9.17) is 10.2 Å². The molecule has 1 saturated heterocycles. The van der Waals surface area contributed by atoms with Crippen LogP contribution >= 0.6 is 0 Å². The van der Waals surface area contributed by atoms with Crippen LogP contribution < -0.4 is 5.32 Å². The number of aliphatic hydroxyl groups excluding tert-OH is 2. The van der Waals surface area contributed by atoms with E-state index in [0.717, 1.165) is 6.42 Å². The van der Waals surface area contributed by atoms with E-state index in [2.05, 4.69) is 5.32 Å². The van der Waals surface area contributed by atoms with Crippen molar-refractivity contribution in [1.82, 2.24) is 10.2 Å². The molecular weight excluding hydrogens is 200 g/mol. The maximum atomic E-state index is 11.3. The highest BCUT2D eigenvalue weighted by Crippen LogP contribution is 2.08. The summed E-state index contributed by atoms with van der Waals surface area (Å²) in [5.74, 6) is -0.368. The third-order valence-corrected chi connectivity index (χ3v) is 2.31. The Hall–Kier alpha value is -1.14. The van der Waals surface area contributed by atoms with E-state index < -0.39 is 6.04 Å². The molecule has 0 radical (unpaired) electrons. The molecule has 2 amide bonds. The average Bonchev–Trinajstić information content (AvgIpc) is 2.61. The second kappa shape index (κ2) is 5.67. The molecule has 15 heavy (non-hydrogen) atoms. The summed E-state index contributed by atoms with van der Waals surface area (Å²) in [7, 11) is 0. The predicted molar refractivity (Wildman–Crippen MR) is 51.9 cm³/mol. The SMILES string of the molecule is O=C(CN1CCCC1=O)NC(CO)CO. The molecule has 0 atom stereocenters. The van der Waals surface area contributed by atoms with Crippen molar-refractivity contribution < 1.29 is 19.8 Å². The lowest BCUT2D eigenvalue weighted by Crippen LogP contribution is -2.45. The molecule has 0 bridgehead atoms. The number of rotatable bonds is 5. The summed E-state index contributed by atoms with van der Waals surface area (Å²) in [5, 5.41) is 19.9. The normalized spacial score (nSPS) is 16.2. The fourth-order valence-corrected chi connectivity index (χ4v) is 1.47. The van der Waals surface area contributed by atoms with Crippen LogP contribution in [0.25, 0.3) is 0 Å². The third-order valence-electron chi connectivity index (χ3n) is 2.31. The molecule has 6 nitrogen and oxygen atoms in total. The quantitative estimate of drug-likeness (QED) is 0.499. The molecule has 86 valence electrons. The van der Waals surface area contributed by atoms with Gasteiger partial charge in [-0.05, 0) is 6.42 Å². The van der Waals surface area contributed by atoms with Crippen molar-refractivity contribution in [2.24, 2.45) is 0 Å². The number of nitrogens with one attached hydrogen (secondary N) is 1. The van der Waals surface area contributed by atoms with Gasteiger partial charge in [0.15, 0.2) is 0 Å². The highest BCUT2D eigenvalue weighted by molar-refractivity contribution is 5.85. The first kappa shape index (κ1) is 11.9. The lowest BCUT2D eigenvalue weighted by molar-refractivity contribution is -0.133. The highest BCUT2D eigenvalue weighted by Gasteiger charge is 2.22. The van der Waals surface area contributed by atoms with Crippen molar-refractivity contribution in [2.75, 3.05) is 26.3 Å². The van der Waals surface area contributed by atoms with Crippen LogP contribution in [0, 0.1) is 0 Å². The topological polar surface area (TPSA) is 89.9 Å². The van der Waals surface area contributed by atoms with E-state index in [-0.39, 0.29) is 31.6 Å². The van der Waals surface area contributed by atoms with Gasteiger partial charge in [-0.3, -0.25) is 9.59 Å². The fraction of sp³-hybridized carbons (Fsp3) is 0.778. The van der Waals surface area contributed by atoms with Gasteiger partial charge >= 0.3 is 0 Å². The number of likely N-dealkylation sites (tertiary alicyclic amines) is 1. The van der Waals surface area contributed by atoms with Crippen molar-refractivity contribution in [1.29, 1.82) is 0 Å². The second-order valence-corrected chi connectivity index (χ2v) is 3.55. The summed E-state index contributed by atoms with van der Waals surface area (Å²) < 4.78 is 0. The number of hydrogen-bond acceptors (Lipinski definition) is 4. The van der Waals surface area contributed by atoms with Gasteiger partial charge in [-0.25, -0.2) is 0 Å². The molecule has 3 N–H and O–H groups in total. The Morgan fingerprint density at radius 2 is 2.13 bits per heavy atom. The molecule has 0 saturated carbocycles. The van der Waals surface area contributed by atoms with Crippen molar-refractivity contribution in [3.8, 4) is 0 Å². The summed E-state index contributed by atoms with van der Waals surface area (Å²) in [6.45, 7) is -0.00310. The van der Waals surface area contributed by atoms with Crippen LogP contribution in [0.15, 0.2) is 0 Å². The van der Waals surface area contributed by atoms with Crippen molar-refractivity contribution in [2.45, 2.75) is 18.9 Å². The number of carbonyl (C=O) groups is 2. The number of nitrogens with zero attached hydrogens (tertiary/aromatic N) is 1.